The molecule has 1 saturated carbocycles. The predicted molar refractivity (Wildman–Crippen MR) is 79.8 cm³/mol. The van der Waals surface area contributed by atoms with Gasteiger partial charge in [-0.3, -0.25) is 9.89 Å². The summed E-state index contributed by atoms with van der Waals surface area (Å²) in [5, 5.41) is 12.2. The third-order valence-corrected chi connectivity index (χ3v) is 4.40. The van der Waals surface area contributed by atoms with Crippen LogP contribution in [0.2, 0.25) is 0 Å². The first-order chi connectivity index (χ1) is 11.8. The highest BCUT2D eigenvalue weighted by atomic mass is 19.4. The minimum absolute atomic E-state index is 0.118. The zero-order valence-electron chi connectivity index (χ0n) is 13.8. The lowest BCUT2D eigenvalue weighted by Crippen LogP contribution is -2.38. The van der Waals surface area contributed by atoms with E-state index in [2.05, 4.69) is 25.7 Å². The molecule has 0 unspecified atom stereocenters. The molecule has 7 nitrogen and oxygen atoms in total. The third-order valence-electron chi connectivity index (χ3n) is 4.40. The predicted octanol–water partition coefficient (Wildman–Crippen LogP) is 2.88. The Morgan fingerprint density at radius 2 is 1.92 bits per heavy atom. The average molecular weight is 357 g/mol. The number of nitrogens with one attached hydrogen (secondary N) is 2. The van der Waals surface area contributed by atoms with Gasteiger partial charge in [0.25, 0.3) is 5.91 Å². The van der Waals surface area contributed by atoms with Crippen LogP contribution in [0.25, 0.3) is 0 Å². The van der Waals surface area contributed by atoms with E-state index in [1.165, 1.54) is 6.92 Å². The minimum atomic E-state index is -4.63. The molecule has 25 heavy (non-hydrogen) atoms. The van der Waals surface area contributed by atoms with Gasteiger partial charge in [0.1, 0.15) is 5.56 Å². The Balaban J connectivity index is 1.62. The summed E-state index contributed by atoms with van der Waals surface area (Å²) in [7, 11) is 0. The highest BCUT2D eigenvalue weighted by Crippen LogP contribution is 2.34. The molecule has 2 N–H and O–H groups in total. The summed E-state index contributed by atoms with van der Waals surface area (Å²) in [4.78, 5) is 16.4. The molecule has 1 aliphatic rings. The fourth-order valence-corrected chi connectivity index (χ4v) is 3.16. The maximum absolute atomic E-state index is 13.1. The summed E-state index contributed by atoms with van der Waals surface area (Å²) in [6.45, 7) is 2.98. The zero-order valence-corrected chi connectivity index (χ0v) is 13.8. The standard InChI is InChI=1S/C15H18F3N5O2/c1-7-11(15(16,17)18)12(22-21-7)13(24)20-10-5-3-9(4-6-10)14-19-8(2)23-25-14/h9-10H,3-6H2,1-2H3,(H,20,24)(H,21,22). The molecule has 0 aliphatic heterocycles. The van der Waals surface area contributed by atoms with Crippen LogP contribution >= 0.6 is 0 Å². The van der Waals surface area contributed by atoms with Crippen molar-refractivity contribution in [3.63, 3.8) is 0 Å². The lowest BCUT2D eigenvalue weighted by atomic mass is 9.86. The number of aromatic nitrogens is 4. The van der Waals surface area contributed by atoms with Crippen molar-refractivity contribution in [3.05, 3.63) is 28.7 Å². The highest BCUT2D eigenvalue weighted by Gasteiger charge is 2.40. The van der Waals surface area contributed by atoms with Crippen LogP contribution in [0.3, 0.4) is 0 Å². The van der Waals surface area contributed by atoms with Crippen molar-refractivity contribution in [2.75, 3.05) is 0 Å². The molecule has 0 radical (unpaired) electrons. The summed E-state index contributed by atoms with van der Waals surface area (Å²) >= 11 is 0. The molecule has 1 amide bonds. The summed E-state index contributed by atoms with van der Waals surface area (Å²) < 4.78 is 44.3. The quantitative estimate of drug-likeness (QED) is 0.880. The molecule has 0 atom stereocenters. The van der Waals surface area contributed by atoms with Gasteiger partial charge >= 0.3 is 6.18 Å². The van der Waals surface area contributed by atoms with Gasteiger partial charge < -0.3 is 9.84 Å². The average Bonchev–Trinajstić information content (AvgIpc) is 3.13. The molecule has 0 bridgehead atoms. The summed E-state index contributed by atoms with van der Waals surface area (Å²) in [5.41, 5.74) is -1.80. The van der Waals surface area contributed by atoms with Crippen LogP contribution < -0.4 is 5.32 Å². The molecule has 2 heterocycles. The van der Waals surface area contributed by atoms with Crippen molar-refractivity contribution in [2.45, 2.75) is 57.7 Å². The SMILES string of the molecule is Cc1noc(C2CCC(NC(=O)c3n[nH]c(C)c3C(F)(F)F)CC2)n1. The molecule has 0 saturated heterocycles. The van der Waals surface area contributed by atoms with Gasteiger partial charge in [-0.1, -0.05) is 5.16 Å². The van der Waals surface area contributed by atoms with Gasteiger partial charge in [0.05, 0.1) is 0 Å². The fraction of sp³-hybridized carbons (Fsp3) is 0.600. The number of alkyl halides is 3. The van der Waals surface area contributed by atoms with Crippen molar-refractivity contribution in [1.82, 2.24) is 25.7 Å². The number of H-pyrrole nitrogens is 1. The van der Waals surface area contributed by atoms with Crippen LogP contribution in [-0.4, -0.2) is 32.3 Å². The number of aryl methyl sites for hydroxylation is 2. The molecule has 0 spiro atoms. The topological polar surface area (TPSA) is 96.7 Å². The van der Waals surface area contributed by atoms with Crippen LogP contribution in [0.5, 0.6) is 0 Å². The Morgan fingerprint density at radius 1 is 1.24 bits per heavy atom. The van der Waals surface area contributed by atoms with Crippen molar-refractivity contribution in [3.8, 4) is 0 Å². The maximum atomic E-state index is 13.1. The van der Waals surface area contributed by atoms with Crippen molar-refractivity contribution in [2.24, 2.45) is 0 Å². The lowest BCUT2D eigenvalue weighted by molar-refractivity contribution is -0.138. The van der Waals surface area contributed by atoms with E-state index in [0.717, 1.165) is 12.8 Å². The number of rotatable bonds is 3. The number of aromatic amines is 1. The lowest BCUT2D eigenvalue weighted by Gasteiger charge is -2.27. The molecule has 2 aromatic heterocycles. The zero-order chi connectivity index (χ0) is 18.2. The van der Waals surface area contributed by atoms with Gasteiger partial charge in [-0.15, -0.1) is 0 Å². The normalized spacial score (nSPS) is 21.3. The van der Waals surface area contributed by atoms with Crippen molar-refractivity contribution < 1.29 is 22.5 Å². The minimum Gasteiger partial charge on any atom is -0.348 e. The Kier molecular flexibility index (Phi) is 4.53. The smallest absolute Gasteiger partial charge is 0.348 e. The van der Waals surface area contributed by atoms with E-state index in [4.69, 9.17) is 4.52 Å². The number of hydrogen-bond acceptors (Lipinski definition) is 5. The van der Waals surface area contributed by atoms with E-state index in [1.54, 1.807) is 6.92 Å². The second-order valence-electron chi connectivity index (χ2n) is 6.27. The van der Waals surface area contributed by atoms with Crippen LogP contribution in [0.4, 0.5) is 13.2 Å². The Bertz CT molecular complexity index is 760. The fourth-order valence-electron chi connectivity index (χ4n) is 3.16. The van der Waals surface area contributed by atoms with Gasteiger partial charge in [-0.2, -0.15) is 23.3 Å². The van der Waals surface area contributed by atoms with Crippen LogP contribution in [-0.2, 0) is 6.18 Å². The van der Waals surface area contributed by atoms with Crippen LogP contribution in [0.1, 0.15) is 65.1 Å². The number of nitrogens with zero attached hydrogens (tertiary/aromatic N) is 3. The van der Waals surface area contributed by atoms with E-state index in [-0.39, 0.29) is 17.7 Å². The summed E-state index contributed by atoms with van der Waals surface area (Å²) in [6, 6.07) is -0.203. The summed E-state index contributed by atoms with van der Waals surface area (Å²) in [6.07, 6.45) is -1.93. The number of amides is 1. The van der Waals surface area contributed by atoms with Crippen molar-refractivity contribution in [1.29, 1.82) is 0 Å². The second-order valence-corrected chi connectivity index (χ2v) is 6.27. The molecular formula is C15H18F3N5O2. The molecule has 1 aliphatic carbocycles. The molecule has 3 rings (SSSR count). The molecular weight excluding hydrogens is 339 g/mol. The molecule has 2 aromatic rings. The number of carbonyl (C=O) groups is 1. The highest BCUT2D eigenvalue weighted by molar-refractivity contribution is 5.94. The Hall–Kier alpha value is -2.39. The largest absolute Gasteiger partial charge is 0.420 e. The van der Waals surface area contributed by atoms with Gasteiger partial charge in [0.2, 0.25) is 5.89 Å². The molecule has 136 valence electrons. The van der Waals surface area contributed by atoms with E-state index < -0.39 is 23.3 Å². The monoisotopic (exact) mass is 357 g/mol. The van der Waals surface area contributed by atoms with Crippen LogP contribution in [0.15, 0.2) is 4.52 Å². The van der Waals surface area contributed by atoms with Gasteiger partial charge in [-0.25, -0.2) is 0 Å². The second kappa shape index (κ2) is 6.49. The third kappa shape index (κ3) is 3.67. The number of halogens is 3. The van der Waals surface area contributed by atoms with Gasteiger partial charge in [0, 0.05) is 17.7 Å². The Labute approximate surface area is 141 Å². The first-order valence-corrected chi connectivity index (χ1v) is 7.99. The van der Waals surface area contributed by atoms with E-state index in [1.807, 2.05) is 0 Å². The first kappa shape index (κ1) is 17.4. The van der Waals surface area contributed by atoms with Gasteiger partial charge in [0.15, 0.2) is 11.5 Å². The molecule has 10 heteroatoms. The Morgan fingerprint density at radius 3 is 2.48 bits per heavy atom. The molecule has 0 aromatic carbocycles. The number of hydrogen-bond donors (Lipinski definition) is 2. The first-order valence-electron chi connectivity index (χ1n) is 7.99. The van der Waals surface area contributed by atoms with E-state index >= 15 is 0 Å². The number of carbonyl (C=O) groups excluding carboxylic acids is 1. The van der Waals surface area contributed by atoms with E-state index in [0.29, 0.717) is 24.6 Å². The van der Waals surface area contributed by atoms with Crippen LogP contribution in [0, 0.1) is 13.8 Å². The van der Waals surface area contributed by atoms with E-state index in [9.17, 15) is 18.0 Å². The molecule has 1 fully saturated rings. The van der Waals surface area contributed by atoms with Gasteiger partial charge in [-0.05, 0) is 39.5 Å². The summed E-state index contributed by atoms with van der Waals surface area (Å²) in [5.74, 6) is 0.449. The van der Waals surface area contributed by atoms with Crippen molar-refractivity contribution >= 4 is 5.91 Å². The maximum Gasteiger partial charge on any atom is 0.420 e.